The summed E-state index contributed by atoms with van der Waals surface area (Å²) < 4.78 is 52.6. The normalized spacial score (nSPS) is 19.6. The van der Waals surface area contributed by atoms with Gasteiger partial charge in [-0.05, 0) is 58.0 Å². The van der Waals surface area contributed by atoms with Crippen molar-refractivity contribution in [3.05, 3.63) is 47.4 Å². The number of aliphatic hydroxyl groups excluding tert-OH is 1. The van der Waals surface area contributed by atoms with Gasteiger partial charge < -0.3 is 25.0 Å². The number of fused-ring (bicyclic) bond motifs is 1. The lowest BCUT2D eigenvalue weighted by atomic mass is 9.83. The number of carbonyl (C=O) groups is 1. The highest BCUT2D eigenvalue weighted by molar-refractivity contribution is 5.71. The first-order chi connectivity index (χ1) is 15.3. The topological polar surface area (TPSA) is 101 Å². The van der Waals surface area contributed by atoms with E-state index in [1.807, 2.05) is 0 Å². The zero-order valence-electron chi connectivity index (χ0n) is 18.8. The fourth-order valence-electron chi connectivity index (χ4n) is 3.39. The van der Waals surface area contributed by atoms with E-state index in [0.717, 1.165) is 0 Å². The van der Waals surface area contributed by atoms with E-state index >= 15 is 0 Å². The van der Waals surface area contributed by atoms with Crippen molar-refractivity contribution in [3.8, 4) is 17.0 Å². The van der Waals surface area contributed by atoms with Crippen LogP contribution in [0.2, 0.25) is 0 Å². The van der Waals surface area contributed by atoms with Gasteiger partial charge in [0.1, 0.15) is 29.5 Å². The number of hydrogen-bond acceptors (Lipinski definition) is 6. The summed E-state index contributed by atoms with van der Waals surface area (Å²) in [6.07, 6.45) is -4.31. The van der Waals surface area contributed by atoms with E-state index < -0.39 is 47.2 Å². The van der Waals surface area contributed by atoms with Crippen LogP contribution in [0.4, 0.5) is 18.0 Å². The SMILES string of the molecule is CC(C)(C)OC(=O)NC[C@](O)(c1cc2c(c(-c3ccc(F)cc3)n1)OC[C@]2(C)CO)C(F)F. The Bertz CT molecular complexity index is 1030. The van der Waals surface area contributed by atoms with Gasteiger partial charge in [0.2, 0.25) is 0 Å². The molecule has 180 valence electrons. The minimum absolute atomic E-state index is 0.0570. The second-order valence-corrected chi connectivity index (χ2v) is 9.33. The summed E-state index contributed by atoms with van der Waals surface area (Å²) in [5.74, 6) is -0.253. The lowest BCUT2D eigenvalue weighted by Gasteiger charge is -2.29. The Balaban J connectivity index is 2.09. The van der Waals surface area contributed by atoms with Crippen molar-refractivity contribution in [2.75, 3.05) is 19.8 Å². The van der Waals surface area contributed by atoms with E-state index in [1.54, 1.807) is 27.7 Å². The molecule has 0 aliphatic carbocycles. The zero-order valence-corrected chi connectivity index (χ0v) is 18.8. The molecule has 0 saturated carbocycles. The predicted octanol–water partition coefficient (Wildman–Crippen LogP) is 3.51. The summed E-state index contributed by atoms with van der Waals surface area (Å²) in [4.78, 5) is 16.3. The lowest BCUT2D eigenvalue weighted by Crippen LogP contribution is -2.47. The molecule has 0 fully saturated rings. The molecular formula is C23H27F3N2O5. The average Bonchev–Trinajstić information content (AvgIpc) is 3.08. The van der Waals surface area contributed by atoms with Crippen LogP contribution in [-0.2, 0) is 15.8 Å². The molecule has 1 amide bonds. The molecule has 1 aliphatic heterocycles. The highest BCUT2D eigenvalue weighted by Gasteiger charge is 2.46. The van der Waals surface area contributed by atoms with Gasteiger partial charge in [-0.2, -0.15) is 0 Å². The molecule has 2 heterocycles. The first-order valence-corrected chi connectivity index (χ1v) is 10.3. The molecule has 0 bridgehead atoms. The second kappa shape index (κ2) is 8.83. The van der Waals surface area contributed by atoms with Gasteiger partial charge in [0.15, 0.2) is 5.60 Å². The maximum absolute atomic E-state index is 14.2. The maximum atomic E-state index is 14.2. The number of alkyl halides is 2. The summed E-state index contributed by atoms with van der Waals surface area (Å²) in [5, 5.41) is 23.0. The molecule has 3 N–H and O–H groups in total. The molecule has 0 saturated heterocycles. The monoisotopic (exact) mass is 468 g/mol. The van der Waals surface area contributed by atoms with Gasteiger partial charge in [-0.1, -0.05) is 0 Å². The van der Waals surface area contributed by atoms with Crippen LogP contribution in [0.1, 0.15) is 39.0 Å². The number of benzene rings is 1. The molecule has 0 unspecified atom stereocenters. The fraction of sp³-hybridized carbons (Fsp3) is 0.478. The molecule has 0 radical (unpaired) electrons. The predicted molar refractivity (Wildman–Crippen MR) is 114 cm³/mol. The van der Waals surface area contributed by atoms with Gasteiger partial charge in [0.05, 0.1) is 24.3 Å². The van der Waals surface area contributed by atoms with E-state index in [2.05, 4.69) is 10.3 Å². The van der Waals surface area contributed by atoms with Crippen LogP contribution in [0.15, 0.2) is 30.3 Å². The molecule has 1 aliphatic rings. The summed E-state index contributed by atoms with van der Waals surface area (Å²) in [7, 11) is 0. The van der Waals surface area contributed by atoms with Crippen LogP contribution in [0, 0.1) is 5.82 Å². The first-order valence-electron chi connectivity index (χ1n) is 10.3. The van der Waals surface area contributed by atoms with Gasteiger partial charge in [-0.15, -0.1) is 0 Å². The number of hydrogen-bond donors (Lipinski definition) is 3. The van der Waals surface area contributed by atoms with Gasteiger partial charge in [0, 0.05) is 11.1 Å². The molecular weight excluding hydrogens is 441 g/mol. The summed E-state index contributed by atoms with van der Waals surface area (Å²) in [5.41, 5.74) is -4.27. The number of halogens is 3. The Morgan fingerprint density at radius 2 is 1.94 bits per heavy atom. The Morgan fingerprint density at radius 1 is 1.30 bits per heavy atom. The largest absolute Gasteiger partial charge is 0.490 e. The molecule has 1 aromatic heterocycles. The number of amides is 1. The van der Waals surface area contributed by atoms with E-state index in [0.29, 0.717) is 11.1 Å². The van der Waals surface area contributed by atoms with Crippen molar-refractivity contribution in [1.82, 2.24) is 10.3 Å². The van der Waals surface area contributed by atoms with Gasteiger partial charge in [-0.3, -0.25) is 0 Å². The Morgan fingerprint density at radius 3 is 2.48 bits per heavy atom. The van der Waals surface area contributed by atoms with Crippen molar-refractivity contribution in [2.24, 2.45) is 0 Å². The van der Waals surface area contributed by atoms with Crippen LogP contribution in [0.5, 0.6) is 5.75 Å². The number of aromatic nitrogens is 1. The maximum Gasteiger partial charge on any atom is 0.407 e. The van der Waals surface area contributed by atoms with E-state index in [-0.39, 0.29) is 24.7 Å². The van der Waals surface area contributed by atoms with Crippen molar-refractivity contribution >= 4 is 6.09 Å². The highest BCUT2D eigenvalue weighted by Crippen LogP contribution is 2.45. The van der Waals surface area contributed by atoms with Crippen LogP contribution < -0.4 is 10.1 Å². The van der Waals surface area contributed by atoms with E-state index in [1.165, 1.54) is 30.3 Å². The quantitative estimate of drug-likeness (QED) is 0.600. The molecule has 2 aromatic rings. The zero-order chi connectivity index (χ0) is 24.6. The third-order valence-corrected chi connectivity index (χ3v) is 5.33. The van der Waals surface area contributed by atoms with Crippen molar-refractivity contribution < 1.29 is 37.7 Å². The summed E-state index contributed by atoms with van der Waals surface area (Å²) in [6.45, 7) is 5.33. The summed E-state index contributed by atoms with van der Waals surface area (Å²) >= 11 is 0. The van der Waals surface area contributed by atoms with E-state index in [9.17, 15) is 28.2 Å². The number of aliphatic hydroxyl groups is 2. The minimum atomic E-state index is -3.33. The number of rotatable bonds is 6. The van der Waals surface area contributed by atoms with Crippen molar-refractivity contribution in [3.63, 3.8) is 0 Å². The number of alkyl carbamates (subject to hydrolysis) is 1. The molecule has 2 atom stereocenters. The van der Waals surface area contributed by atoms with Crippen LogP contribution in [0.3, 0.4) is 0 Å². The number of pyridine rings is 1. The molecule has 1 aromatic carbocycles. The number of nitrogens with zero attached hydrogens (tertiary/aromatic N) is 1. The number of ether oxygens (including phenoxy) is 2. The lowest BCUT2D eigenvalue weighted by molar-refractivity contribution is -0.102. The summed E-state index contributed by atoms with van der Waals surface area (Å²) in [6, 6.07) is 6.41. The fourth-order valence-corrected chi connectivity index (χ4v) is 3.39. The van der Waals surface area contributed by atoms with Crippen LogP contribution in [0.25, 0.3) is 11.3 Å². The third-order valence-electron chi connectivity index (χ3n) is 5.33. The first kappa shape index (κ1) is 24.8. The van der Waals surface area contributed by atoms with Gasteiger partial charge in [0.25, 0.3) is 6.43 Å². The van der Waals surface area contributed by atoms with Gasteiger partial charge in [-0.25, -0.2) is 22.9 Å². The standard InChI is InChI=1S/C23H27F3N2O5/c1-21(2,3)33-20(30)27-10-23(31,19(25)26)16-9-15-18(32-12-22(15,4)11-29)17(28-16)13-5-7-14(24)8-6-13/h5-9,19,29,31H,10-12H2,1-4H3,(H,27,30)/t22-,23-/m0/s1. The molecule has 33 heavy (non-hydrogen) atoms. The van der Waals surface area contributed by atoms with Crippen molar-refractivity contribution in [2.45, 2.75) is 50.7 Å². The Labute approximate surface area is 189 Å². The Kier molecular flexibility index (Phi) is 6.63. The highest BCUT2D eigenvalue weighted by atomic mass is 19.3. The van der Waals surface area contributed by atoms with E-state index in [4.69, 9.17) is 9.47 Å². The van der Waals surface area contributed by atoms with Crippen LogP contribution in [-0.4, -0.2) is 53.1 Å². The van der Waals surface area contributed by atoms with Crippen molar-refractivity contribution in [1.29, 1.82) is 0 Å². The number of nitrogens with one attached hydrogen (secondary N) is 1. The molecule has 10 heteroatoms. The van der Waals surface area contributed by atoms with Crippen LogP contribution >= 0.6 is 0 Å². The third kappa shape index (κ3) is 5.06. The average molecular weight is 468 g/mol. The molecule has 3 rings (SSSR count). The smallest absolute Gasteiger partial charge is 0.407 e. The number of carbonyl (C=O) groups excluding carboxylic acids is 1. The minimum Gasteiger partial charge on any atom is -0.490 e. The molecule has 7 nitrogen and oxygen atoms in total. The second-order valence-electron chi connectivity index (χ2n) is 9.33. The Hall–Kier alpha value is -2.85. The molecule has 0 spiro atoms. The van der Waals surface area contributed by atoms with Gasteiger partial charge >= 0.3 is 6.09 Å².